The van der Waals surface area contributed by atoms with E-state index in [1.807, 2.05) is 0 Å². The molecular weight excluding hydrogens is 220 g/mol. The molecule has 2 atom stereocenters. The Balaban J connectivity index is 2.42. The molecule has 1 rings (SSSR count). The SMILES string of the molecule is CCCC1CCN(C(CCC)CNC(C)(C)C)C1. The molecule has 18 heavy (non-hydrogen) atoms. The Morgan fingerprint density at radius 2 is 1.94 bits per heavy atom. The minimum Gasteiger partial charge on any atom is -0.311 e. The smallest absolute Gasteiger partial charge is 0.0220 e. The van der Waals surface area contributed by atoms with Crippen LogP contribution >= 0.6 is 0 Å². The fourth-order valence-electron chi connectivity index (χ4n) is 3.01. The van der Waals surface area contributed by atoms with E-state index in [-0.39, 0.29) is 5.54 Å². The minimum absolute atomic E-state index is 0.245. The molecule has 2 unspecified atom stereocenters. The molecule has 0 aliphatic carbocycles. The van der Waals surface area contributed by atoms with Gasteiger partial charge in [0.1, 0.15) is 0 Å². The van der Waals surface area contributed by atoms with Crippen LogP contribution in [-0.2, 0) is 0 Å². The van der Waals surface area contributed by atoms with Gasteiger partial charge in [0, 0.05) is 24.7 Å². The van der Waals surface area contributed by atoms with Crippen molar-refractivity contribution in [3.05, 3.63) is 0 Å². The van der Waals surface area contributed by atoms with E-state index in [2.05, 4.69) is 44.8 Å². The Morgan fingerprint density at radius 3 is 2.50 bits per heavy atom. The largest absolute Gasteiger partial charge is 0.311 e. The van der Waals surface area contributed by atoms with Crippen LogP contribution in [0.25, 0.3) is 0 Å². The van der Waals surface area contributed by atoms with Gasteiger partial charge in [-0.2, -0.15) is 0 Å². The second-order valence-electron chi connectivity index (χ2n) is 7.01. The lowest BCUT2D eigenvalue weighted by atomic mass is 10.0. The molecule has 0 aromatic carbocycles. The van der Waals surface area contributed by atoms with Crippen LogP contribution in [0.4, 0.5) is 0 Å². The van der Waals surface area contributed by atoms with Gasteiger partial charge in [-0.1, -0.05) is 26.7 Å². The molecule has 1 saturated heterocycles. The predicted molar refractivity (Wildman–Crippen MR) is 81.0 cm³/mol. The molecule has 2 heteroatoms. The molecule has 0 spiro atoms. The van der Waals surface area contributed by atoms with Crippen LogP contribution in [0.3, 0.4) is 0 Å². The third-order valence-electron chi connectivity index (χ3n) is 4.02. The standard InChI is InChI=1S/C16H34N2/c1-6-8-14-10-11-18(13-14)15(9-7-2)12-17-16(3,4)5/h14-15,17H,6-13H2,1-5H3. The Labute approximate surface area is 115 Å². The fraction of sp³-hybridized carbons (Fsp3) is 1.00. The van der Waals surface area contributed by atoms with Crippen LogP contribution in [0, 0.1) is 5.92 Å². The summed E-state index contributed by atoms with van der Waals surface area (Å²) in [6.07, 6.45) is 6.82. The van der Waals surface area contributed by atoms with Crippen LogP contribution in [0.15, 0.2) is 0 Å². The summed E-state index contributed by atoms with van der Waals surface area (Å²) in [6.45, 7) is 15.2. The first kappa shape index (κ1) is 16.0. The number of rotatable bonds is 7. The number of hydrogen-bond acceptors (Lipinski definition) is 2. The Kier molecular flexibility index (Phi) is 6.65. The molecular formula is C16H34N2. The van der Waals surface area contributed by atoms with Gasteiger partial charge < -0.3 is 5.32 Å². The van der Waals surface area contributed by atoms with Gasteiger partial charge >= 0.3 is 0 Å². The zero-order valence-electron chi connectivity index (χ0n) is 13.3. The molecule has 0 bridgehead atoms. The zero-order chi connectivity index (χ0) is 13.6. The highest BCUT2D eigenvalue weighted by atomic mass is 15.2. The van der Waals surface area contributed by atoms with Crippen molar-refractivity contribution in [1.29, 1.82) is 0 Å². The summed E-state index contributed by atoms with van der Waals surface area (Å²) in [4.78, 5) is 2.74. The van der Waals surface area contributed by atoms with Crippen LogP contribution in [0.5, 0.6) is 0 Å². The van der Waals surface area contributed by atoms with Gasteiger partial charge in [-0.05, 0) is 52.5 Å². The van der Waals surface area contributed by atoms with Gasteiger partial charge in [-0.15, -0.1) is 0 Å². The maximum Gasteiger partial charge on any atom is 0.0220 e. The van der Waals surface area contributed by atoms with Crippen molar-refractivity contribution >= 4 is 0 Å². The number of likely N-dealkylation sites (tertiary alicyclic amines) is 1. The summed E-state index contributed by atoms with van der Waals surface area (Å²) in [5, 5.41) is 3.69. The third kappa shape index (κ3) is 5.71. The van der Waals surface area contributed by atoms with Crippen molar-refractivity contribution in [3.8, 4) is 0 Å². The maximum absolute atomic E-state index is 3.69. The Bertz CT molecular complexity index is 220. The van der Waals surface area contributed by atoms with Gasteiger partial charge in [0.15, 0.2) is 0 Å². The van der Waals surface area contributed by atoms with Crippen LogP contribution in [0.1, 0.15) is 66.7 Å². The molecule has 1 fully saturated rings. The summed E-state index contributed by atoms with van der Waals surface area (Å²) in [5.74, 6) is 0.962. The van der Waals surface area contributed by atoms with Gasteiger partial charge in [0.05, 0.1) is 0 Å². The molecule has 1 N–H and O–H groups in total. The lowest BCUT2D eigenvalue weighted by Gasteiger charge is -2.31. The predicted octanol–water partition coefficient (Wildman–Crippen LogP) is 3.67. The molecule has 2 nitrogen and oxygen atoms in total. The molecule has 0 aromatic rings. The van der Waals surface area contributed by atoms with E-state index in [4.69, 9.17) is 0 Å². The fourth-order valence-corrected chi connectivity index (χ4v) is 3.01. The van der Waals surface area contributed by atoms with Gasteiger partial charge in [-0.3, -0.25) is 4.90 Å². The lowest BCUT2D eigenvalue weighted by Crippen LogP contribution is -2.47. The quantitative estimate of drug-likeness (QED) is 0.746. The van der Waals surface area contributed by atoms with Crippen molar-refractivity contribution in [1.82, 2.24) is 10.2 Å². The monoisotopic (exact) mass is 254 g/mol. The van der Waals surface area contributed by atoms with Crippen LogP contribution < -0.4 is 5.32 Å². The van der Waals surface area contributed by atoms with Gasteiger partial charge in [0.2, 0.25) is 0 Å². The van der Waals surface area contributed by atoms with Crippen molar-refractivity contribution < 1.29 is 0 Å². The van der Waals surface area contributed by atoms with E-state index in [1.54, 1.807) is 0 Å². The average Bonchev–Trinajstić information content (AvgIpc) is 2.72. The van der Waals surface area contributed by atoms with Crippen molar-refractivity contribution in [2.24, 2.45) is 5.92 Å². The second-order valence-corrected chi connectivity index (χ2v) is 7.01. The molecule has 0 radical (unpaired) electrons. The summed E-state index contributed by atoms with van der Waals surface area (Å²) in [6, 6.07) is 0.746. The van der Waals surface area contributed by atoms with Crippen molar-refractivity contribution in [2.75, 3.05) is 19.6 Å². The molecule has 1 aliphatic heterocycles. The van der Waals surface area contributed by atoms with Crippen molar-refractivity contribution in [3.63, 3.8) is 0 Å². The third-order valence-corrected chi connectivity index (χ3v) is 4.02. The Hall–Kier alpha value is -0.0800. The Morgan fingerprint density at radius 1 is 1.22 bits per heavy atom. The van der Waals surface area contributed by atoms with E-state index in [0.717, 1.165) is 18.5 Å². The van der Waals surface area contributed by atoms with E-state index < -0.39 is 0 Å². The molecule has 1 heterocycles. The zero-order valence-corrected chi connectivity index (χ0v) is 13.3. The topological polar surface area (TPSA) is 15.3 Å². The second kappa shape index (κ2) is 7.49. The van der Waals surface area contributed by atoms with E-state index in [0.29, 0.717) is 0 Å². The molecule has 108 valence electrons. The normalized spacial score (nSPS) is 23.5. The van der Waals surface area contributed by atoms with Crippen LogP contribution in [-0.4, -0.2) is 36.1 Å². The number of hydrogen-bond donors (Lipinski definition) is 1. The first-order valence-electron chi connectivity index (χ1n) is 7.95. The molecule has 1 aliphatic rings. The average molecular weight is 254 g/mol. The van der Waals surface area contributed by atoms with E-state index in [1.165, 1.54) is 45.2 Å². The first-order valence-corrected chi connectivity index (χ1v) is 7.95. The maximum atomic E-state index is 3.69. The summed E-state index contributed by atoms with van der Waals surface area (Å²) in [5.41, 5.74) is 0.245. The highest BCUT2D eigenvalue weighted by molar-refractivity contribution is 4.84. The van der Waals surface area contributed by atoms with E-state index in [9.17, 15) is 0 Å². The van der Waals surface area contributed by atoms with Gasteiger partial charge in [-0.25, -0.2) is 0 Å². The van der Waals surface area contributed by atoms with Crippen molar-refractivity contribution in [2.45, 2.75) is 78.3 Å². The van der Waals surface area contributed by atoms with E-state index >= 15 is 0 Å². The molecule has 0 aromatic heterocycles. The molecule has 0 amide bonds. The lowest BCUT2D eigenvalue weighted by molar-refractivity contribution is 0.202. The highest BCUT2D eigenvalue weighted by Gasteiger charge is 2.27. The van der Waals surface area contributed by atoms with Crippen LogP contribution in [0.2, 0.25) is 0 Å². The molecule has 0 saturated carbocycles. The summed E-state index contributed by atoms with van der Waals surface area (Å²) >= 11 is 0. The first-order chi connectivity index (χ1) is 8.46. The summed E-state index contributed by atoms with van der Waals surface area (Å²) in [7, 11) is 0. The van der Waals surface area contributed by atoms with Gasteiger partial charge in [0.25, 0.3) is 0 Å². The summed E-state index contributed by atoms with van der Waals surface area (Å²) < 4.78 is 0. The number of nitrogens with one attached hydrogen (secondary N) is 1. The highest BCUT2D eigenvalue weighted by Crippen LogP contribution is 2.24. The minimum atomic E-state index is 0.245. The number of nitrogens with zero attached hydrogens (tertiary/aromatic N) is 1.